The topological polar surface area (TPSA) is 20.6 Å². The first-order valence-corrected chi connectivity index (χ1v) is 5.26. The zero-order valence-corrected chi connectivity index (χ0v) is 9.04. The van der Waals surface area contributed by atoms with Crippen molar-refractivity contribution >= 4 is 17.1 Å². The van der Waals surface area contributed by atoms with Gasteiger partial charge < -0.3 is 0 Å². The first kappa shape index (κ1) is 9.24. The minimum atomic E-state index is 1.08. The van der Waals surface area contributed by atoms with E-state index in [2.05, 4.69) is 29.8 Å². The molecule has 0 amide bonds. The molecule has 2 aromatic rings. The highest BCUT2D eigenvalue weighted by Crippen LogP contribution is 2.37. The van der Waals surface area contributed by atoms with Crippen LogP contribution in [0.25, 0.3) is 0 Å². The van der Waals surface area contributed by atoms with Gasteiger partial charge in [-0.1, -0.05) is 30.3 Å². The van der Waals surface area contributed by atoms with E-state index in [0.29, 0.717) is 0 Å². The van der Waals surface area contributed by atoms with Gasteiger partial charge in [-0.05, 0) is 29.8 Å². The van der Waals surface area contributed by atoms with Gasteiger partial charge in [0.05, 0.1) is 17.1 Å². The van der Waals surface area contributed by atoms with Crippen LogP contribution in [0, 0.1) is 0 Å². The Morgan fingerprint density at radius 3 is 2.19 bits per heavy atom. The Balaban J connectivity index is 2.07. The fourth-order valence-electron chi connectivity index (χ4n) is 1.91. The minimum absolute atomic E-state index is 1.08. The second-order valence-electron chi connectivity index (χ2n) is 3.75. The number of nitrogens with zero attached hydrogens (tertiary/aromatic N) is 3. The van der Waals surface area contributed by atoms with Crippen LogP contribution >= 0.6 is 0 Å². The van der Waals surface area contributed by atoms with E-state index >= 15 is 0 Å². The van der Waals surface area contributed by atoms with Crippen molar-refractivity contribution in [2.24, 2.45) is 0 Å². The van der Waals surface area contributed by atoms with Gasteiger partial charge in [0.25, 0.3) is 0 Å². The van der Waals surface area contributed by atoms with Gasteiger partial charge in [-0.25, -0.2) is 5.01 Å². The molecule has 0 atom stereocenters. The summed E-state index contributed by atoms with van der Waals surface area (Å²) in [4.78, 5) is 0. The monoisotopic (exact) mass is 210 g/mol. The van der Waals surface area contributed by atoms with Gasteiger partial charge in [0.2, 0.25) is 0 Å². The van der Waals surface area contributed by atoms with Crippen LogP contribution in [0.2, 0.25) is 0 Å². The molecule has 79 valence electrons. The van der Waals surface area contributed by atoms with Crippen LogP contribution in [0.4, 0.5) is 17.1 Å². The Labute approximate surface area is 94.9 Å². The van der Waals surface area contributed by atoms with Gasteiger partial charge in [0.1, 0.15) is 0 Å². The fraction of sp³-hybridized carbons (Fsp3) is 0.0769. The summed E-state index contributed by atoms with van der Waals surface area (Å²) in [6.07, 6.45) is 0. The summed E-state index contributed by atoms with van der Waals surface area (Å²) in [6, 6.07) is 18.4. The van der Waals surface area contributed by atoms with Gasteiger partial charge in [0.15, 0.2) is 0 Å². The third kappa shape index (κ3) is 1.33. The Morgan fingerprint density at radius 2 is 1.44 bits per heavy atom. The summed E-state index contributed by atoms with van der Waals surface area (Å²) in [7, 11) is 1.96. The van der Waals surface area contributed by atoms with Crippen molar-refractivity contribution < 1.29 is 0 Å². The zero-order chi connectivity index (χ0) is 11.0. The molecule has 0 fully saturated rings. The van der Waals surface area contributed by atoms with Crippen molar-refractivity contribution in [1.82, 2.24) is 5.53 Å². The maximum atomic E-state index is 4.49. The van der Waals surface area contributed by atoms with Gasteiger partial charge >= 0.3 is 0 Å². The molecule has 1 radical (unpaired) electrons. The lowest BCUT2D eigenvalue weighted by molar-refractivity contribution is 0.720. The molecule has 16 heavy (non-hydrogen) atoms. The number of para-hydroxylation sites is 3. The summed E-state index contributed by atoms with van der Waals surface area (Å²) in [5.41, 5.74) is 7.83. The van der Waals surface area contributed by atoms with Crippen LogP contribution in [0.5, 0.6) is 0 Å². The third-order valence-electron chi connectivity index (χ3n) is 2.68. The number of anilines is 3. The van der Waals surface area contributed by atoms with E-state index in [1.54, 1.807) is 0 Å². The molecule has 0 saturated heterocycles. The molecule has 0 saturated carbocycles. The normalized spacial score (nSPS) is 14.1. The smallest absolute Gasteiger partial charge is 0.0862 e. The fourth-order valence-corrected chi connectivity index (χ4v) is 1.91. The molecule has 0 aliphatic carbocycles. The van der Waals surface area contributed by atoms with Crippen LogP contribution < -0.4 is 15.6 Å². The molecule has 3 rings (SSSR count). The van der Waals surface area contributed by atoms with Gasteiger partial charge in [-0.2, -0.15) is 0 Å². The van der Waals surface area contributed by atoms with Crippen LogP contribution in [-0.4, -0.2) is 7.05 Å². The SMILES string of the molecule is CN1[N]N(c2ccccc2)c2ccccc21. The second kappa shape index (κ2) is 3.54. The Morgan fingerprint density at radius 1 is 0.812 bits per heavy atom. The van der Waals surface area contributed by atoms with Crippen molar-refractivity contribution in [3.05, 3.63) is 54.6 Å². The average Bonchev–Trinajstić information content (AvgIpc) is 2.69. The van der Waals surface area contributed by atoms with Crippen molar-refractivity contribution in [3.63, 3.8) is 0 Å². The van der Waals surface area contributed by atoms with E-state index in [-0.39, 0.29) is 0 Å². The molecule has 0 aromatic heterocycles. The van der Waals surface area contributed by atoms with Gasteiger partial charge in [0, 0.05) is 7.05 Å². The maximum absolute atomic E-state index is 4.49. The molecular formula is C13H12N3. The predicted octanol–water partition coefficient (Wildman–Crippen LogP) is 2.71. The molecule has 0 unspecified atom stereocenters. The Hall–Kier alpha value is -2.00. The number of fused-ring (bicyclic) bond motifs is 1. The molecule has 1 aliphatic rings. The lowest BCUT2D eigenvalue weighted by atomic mass is 10.2. The summed E-state index contributed by atoms with van der Waals surface area (Å²) < 4.78 is 0. The molecule has 1 heterocycles. The molecule has 3 heteroatoms. The highest BCUT2D eigenvalue weighted by molar-refractivity contribution is 5.79. The third-order valence-corrected chi connectivity index (χ3v) is 2.68. The number of benzene rings is 2. The summed E-state index contributed by atoms with van der Waals surface area (Å²) >= 11 is 0. The highest BCUT2D eigenvalue weighted by Gasteiger charge is 2.25. The standard InChI is InChI=1S/C13H12N3/c1-15-12-9-5-6-10-13(12)16(14-15)11-7-3-2-4-8-11/h2-10H,1H3. The molecule has 2 aromatic carbocycles. The minimum Gasteiger partial charge on any atom is -0.271 e. The first-order valence-electron chi connectivity index (χ1n) is 5.26. The molecule has 3 nitrogen and oxygen atoms in total. The Kier molecular flexibility index (Phi) is 2.04. The van der Waals surface area contributed by atoms with Crippen LogP contribution in [0.3, 0.4) is 0 Å². The van der Waals surface area contributed by atoms with Crippen molar-refractivity contribution in [1.29, 1.82) is 0 Å². The van der Waals surface area contributed by atoms with Gasteiger partial charge in [-0.3, -0.25) is 5.01 Å². The van der Waals surface area contributed by atoms with E-state index < -0.39 is 0 Å². The van der Waals surface area contributed by atoms with Crippen molar-refractivity contribution in [3.8, 4) is 0 Å². The number of hydrogen-bond donors (Lipinski definition) is 0. The largest absolute Gasteiger partial charge is 0.271 e. The predicted molar refractivity (Wildman–Crippen MR) is 65.6 cm³/mol. The van der Waals surface area contributed by atoms with E-state index in [9.17, 15) is 0 Å². The number of rotatable bonds is 1. The molecule has 0 N–H and O–H groups in total. The lowest BCUT2D eigenvalue weighted by Crippen LogP contribution is -2.31. The maximum Gasteiger partial charge on any atom is 0.0862 e. The van der Waals surface area contributed by atoms with Crippen LogP contribution in [0.1, 0.15) is 0 Å². The van der Waals surface area contributed by atoms with Crippen molar-refractivity contribution in [2.45, 2.75) is 0 Å². The lowest BCUT2D eigenvalue weighted by Gasteiger charge is -2.16. The summed E-state index contributed by atoms with van der Waals surface area (Å²) in [5.74, 6) is 0. The van der Waals surface area contributed by atoms with Crippen LogP contribution in [-0.2, 0) is 0 Å². The van der Waals surface area contributed by atoms with Gasteiger partial charge in [-0.15, -0.1) is 0 Å². The molecular weight excluding hydrogens is 198 g/mol. The van der Waals surface area contributed by atoms with Crippen molar-refractivity contribution in [2.75, 3.05) is 17.1 Å². The molecule has 1 aliphatic heterocycles. The number of hydrogen-bond acceptors (Lipinski definition) is 2. The summed E-state index contributed by atoms with van der Waals surface area (Å²) in [5, 5.41) is 3.84. The van der Waals surface area contributed by atoms with E-state index in [1.165, 1.54) is 0 Å². The van der Waals surface area contributed by atoms with E-state index in [1.807, 2.05) is 47.4 Å². The molecule has 0 bridgehead atoms. The summed E-state index contributed by atoms with van der Waals surface area (Å²) in [6.45, 7) is 0. The second-order valence-corrected chi connectivity index (χ2v) is 3.75. The van der Waals surface area contributed by atoms with E-state index in [0.717, 1.165) is 17.1 Å². The average molecular weight is 210 g/mol. The highest BCUT2D eigenvalue weighted by atomic mass is 15.8. The molecule has 0 spiro atoms. The quantitative estimate of drug-likeness (QED) is 0.721. The first-order chi connectivity index (χ1) is 7.86. The van der Waals surface area contributed by atoms with E-state index in [4.69, 9.17) is 0 Å². The Bertz CT molecular complexity index is 496. The zero-order valence-electron chi connectivity index (χ0n) is 9.04. The van der Waals surface area contributed by atoms with Crippen LogP contribution in [0.15, 0.2) is 54.6 Å².